The predicted molar refractivity (Wildman–Crippen MR) is 86.1 cm³/mol. The average Bonchev–Trinajstić information content (AvgIpc) is 2.79. The van der Waals surface area contributed by atoms with Gasteiger partial charge in [-0.3, -0.25) is 9.00 Å². The van der Waals surface area contributed by atoms with Gasteiger partial charge in [0.15, 0.2) is 0 Å². The van der Waals surface area contributed by atoms with E-state index in [4.69, 9.17) is 9.47 Å². The minimum atomic E-state index is -2.36. The van der Waals surface area contributed by atoms with Crippen molar-refractivity contribution in [2.75, 3.05) is 13.7 Å². The lowest BCUT2D eigenvalue weighted by atomic mass is 10.0. The number of amides is 2. The standard InChI is InChI=1S/C16H21NO6S/c1-16(2,3)23-15(19)17-8-11-7-10(5-6-12(11)14(17)18)13(9-22-4)24(20)21/h5-7,13H,8-9H2,1-4H3,(H,20,21)/p-1. The highest BCUT2D eigenvalue weighted by atomic mass is 32.2. The first-order chi connectivity index (χ1) is 11.1. The molecule has 2 unspecified atom stereocenters. The molecule has 7 nitrogen and oxygen atoms in total. The van der Waals surface area contributed by atoms with Gasteiger partial charge in [-0.05, 0) is 49.0 Å². The monoisotopic (exact) mass is 354 g/mol. The number of rotatable bonds is 4. The molecule has 0 saturated heterocycles. The minimum absolute atomic E-state index is 0.0125. The van der Waals surface area contributed by atoms with Gasteiger partial charge in [-0.2, -0.15) is 0 Å². The van der Waals surface area contributed by atoms with Crippen LogP contribution in [0.4, 0.5) is 4.79 Å². The average molecular weight is 354 g/mol. The van der Waals surface area contributed by atoms with Crippen molar-refractivity contribution in [1.29, 1.82) is 0 Å². The van der Waals surface area contributed by atoms with Crippen molar-refractivity contribution >= 4 is 23.1 Å². The third-order valence-corrected chi connectivity index (χ3v) is 4.34. The second-order valence-electron chi connectivity index (χ2n) is 6.49. The third-order valence-electron chi connectivity index (χ3n) is 3.47. The van der Waals surface area contributed by atoms with Crippen LogP contribution in [0.1, 0.15) is 47.5 Å². The summed E-state index contributed by atoms with van der Waals surface area (Å²) in [5.74, 6) is -0.447. The summed E-state index contributed by atoms with van der Waals surface area (Å²) in [5, 5.41) is -0.828. The summed E-state index contributed by atoms with van der Waals surface area (Å²) in [7, 11) is 1.42. The van der Waals surface area contributed by atoms with Gasteiger partial charge in [-0.25, -0.2) is 9.69 Å². The molecule has 1 aliphatic rings. The lowest BCUT2D eigenvalue weighted by Gasteiger charge is -2.23. The Bertz CT molecular complexity index is 682. The molecule has 2 atom stereocenters. The molecule has 1 aliphatic heterocycles. The number of benzene rings is 1. The summed E-state index contributed by atoms with van der Waals surface area (Å²) < 4.78 is 32.9. The number of methoxy groups -OCH3 is 1. The second-order valence-corrected chi connectivity index (χ2v) is 7.58. The van der Waals surface area contributed by atoms with E-state index in [1.807, 2.05) is 0 Å². The van der Waals surface area contributed by atoms with Crippen molar-refractivity contribution in [3.05, 3.63) is 34.9 Å². The topological polar surface area (TPSA) is 96.0 Å². The van der Waals surface area contributed by atoms with Gasteiger partial charge in [0.2, 0.25) is 0 Å². The smallest absolute Gasteiger partial charge is 0.417 e. The molecular weight excluding hydrogens is 334 g/mol. The normalized spacial score (nSPS) is 16.7. The van der Waals surface area contributed by atoms with E-state index in [1.54, 1.807) is 32.9 Å². The van der Waals surface area contributed by atoms with Gasteiger partial charge in [-0.1, -0.05) is 12.1 Å². The number of carbonyl (C=O) groups excluding carboxylic acids is 2. The second kappa shape index (κ2) is 7.00. The Balaban J connectivity index is 2.25. The molecule has 24 heavy (non-hydrogen) atoms. The SMILES string of the molecule is COCC(c1ccc2c(c1)CN(C(=O)OC(C)(C)C)C2=O)S(=O)[O-]. The van der Waals surface area contributed by atoms with E-state index in [1.165, 1.54) is 13.2 Å². The van der Waals surface area contributed by atoms with Gasteiger partial charge in [0, 0.05) is 12.7 Å². The van der Waals surface area contributed by atoms with Crippen LogP contribution in [-0.4, -0.2) is 45.0 Å². The Labute approximate surface area is 143 Å². The largest absolute Gasteiger partial charge is 0.772 e. The van der Waals surface area contributed by atoms with E-state index in [-0.39, 0.29) is 13.2 Å². The summed E-state index contributed by atoms with van der Waals surface area (Å²) >= 11 is -2.36. The minimum Gasteiger partial charge on any atom is -0.772 e. The maximum Gasteiger partial charge on any atom is 0.417 e. The summed E-state index contributed by atoms with van der Waals surface area (Å²) in [6.45, 7) is 5.22. The molecule has 0 aromatic heterocycles. The number of hydrogen-bond acceptors (Lipinski definition) is 6. The van der Waals surface area contributed by atoms with E-state index in [0.29, 0.717) is 16.7 Å². The summed E-state index contributed by atoms with van der Waals surface area (Å²) in [4.78, 5) is 25.5. The van der Waals surface area contributed by atoms with E-state index >= 15 is 0 Å². The number of nitrogens with zero attached hydrogens (tertiary/aromatic N) is 1. The van der Waals surface area contributed by atoms with Crippen LogP contribution in [0.15, 0.2) is 18.2 Å². The molecule has 0 spiro atoms. The van der Waals surface area contributed by atoms with E-state index < -0.39 is 33.9 Å². The zero-order valence-corrected chi connectivity index (χ0v) is 14.8. The van der Waals surface area contributed by atoms with Crippen molar-refractivity contribution in [3.8, 4) is 0 Å². The zero-order valence-electron chi connectivity index (χ0n) is 14.0. The molecule has 0 aliphatic carbocycles. The molecule has 1 heterocycles. The molecule has 0 saturated carbocycles. The van der Waals surface area contributed by atoms with Gasteiger partial charge in [0.1, 0.15) is 5.60 Å². The van der Waals surface area contributed by atoms with Crippen LogP contribution in [0.3, 0.4) is 0 Å². The number of carbonyl (C=O) groups is 2. The third kappa shape index (κ3) is 4.00. The van der Waals surface area contributed by atoms with Crippen LogP contribution in [0.2, 0.25) is 0 Å². The fourth-order valence-corrected chi connectivity index (χ4v) is 3.04. The van der Waals surface area contributed by atoms with E-state index in [9.17, 15) is 18.4 Å². The lowest BCUT2D eigenvalue weighted by Crippen LogP contribution is -2.36. The van der Waals surface area contributed by atoms with Crippen LogP contribution in [0.5, 0.6) is 0 Å². The zero-order chi connectivity index (χ0) is 18.1. The molecule has 2 amide bonds. The molecule has 0 bridgehead atoms. The van der Waals surface area contributed by atoms with Crippen LogP contribution in [0.25, 0.3) is 0 Å². The quantitative estimate of drug-likeness (QED) is 0.769. The Hall–Kier alpha value is -1.77. The molecule has 8 heteroatoms. The Morgan fingerprint density at radius 3 is 2.62 bits per heavy atom. The van der Waals surface area contributed by atoms with Gasteiger partial charge in [-0.15, -0.1) is 0 Å². The van der Waals surface area contributed by atoms with E-state index in [0.717, 1.165) is 4.90 Å². The summed E-state index contributed by atoms with van der Waals surface area (Å²) in [5.41, 5.74) is 0.774. The van der Waals surface area contributed by atoms with Gasteiger partial charge >= 0.3 is 6.09 Å². The molecule has 2 rings (SSSR count). The van der Waals surface area contributed by atoms with Crippen molar-refractivity contribution in [3.63, 3.8) is 0 Å². The fourth-order valence-electron chi connectivity index (χ4n) is 2.42. The van der Waals surface area contributed by atoms with Crippen LogP contribution in [0, 0.1) is 0 Å². The van der Waals surface area contributed by atoms with Crippen molar-refractivity contribution in [2.45, 2.75) is 38.2 Å². The van der Waals surface area contributed by atoms with Crippen molar-refractivity contribution < 1.29 is 27.8 Å². The highest BCUT2D eigenvalue weighted by Crippen LogP contribution is 2.29. The number of ether oxygens (including phenoxy) is 2. The van der Waals surface area contributed by atoms with Gasteiger partial charge in [0.05, 0.1) is 18.4 Å². The molecule has 0 fully saturated rings. The Morgan fingerprint density at radius 1 is 1.42 bits per heavy atom. The molecule has 1 aromatic rings. The van der Waals surface area contributed by atoms with Gasteiger partial charge in [0.25, 0.3) is 5.91 Å². The predicted octanol–water partition coefficient (Wildman–Crippen LogP) is 2.14. The highest BCUT2D eigenvalue weighted by Gasteiger charge is 2.35. The van der Waals surface area contributed by atoms with Gasteiger partial charge < -0.3 is 14.0 Å². The number of imide groups is 1. The first kappa shape index (κ1) is 18.6. The van der Waals surface area contributed by atoms with Crippen molar-refractivity contribution in [2.24, 2.45) is 0 Å². The molecule has 0 N–H and O–H groups in total. The first-order valence-electron chi connectivity index (χ1n) is 7.38. The Morgan fingerprint density at radius 2 is 2.08 bits per heavy atom. The summed E-state index contributed by atoms with van der Waals surface area (Å²) in [6.07, 6.45) is -0.717. The highest BCUT2D eigenvalue weighted by molar-refractivity contribution is 7.79. The molecular formula is C16H20NO6S-. The van der Waals surface area contributed by atoms with E-state index in [2.05, 4.69) is 0 Å². The molecule has 132 valence electrons. The van der Waals surface area contributed by atoms with Crippen LogP contribution < -0.4 is 0 Å². The maximum absolute atomic E-state index is 12.3. The number of fused-ring (bicyclic) bond motifs is 1. The summed E-state index contributed by atoms with van der Waals surface area (Å²) in [6, 6.07) is 4.72. The van der Waals surface area contributed by atoms with Crippen LogP contribution >= 0.6 is 0 Å². The molecule has 0 radical (unpaired) electrons. The van der Waals surface area contributed by atoms with Crippen LogP contribution in [-0.2, 0) is 27.1 Å². The number of hydrogen-bond donors (Lipinski definition) is 0. The maximum atomic E-state index is 12.3. The first-order valence-corrected chi connectivity index (χ1v) is 8.52. The molecule has 1 aromatic carbocycles. The Kier molecular flexibility index (Phi) is 5.42. The lowest BCUT2D eigenvalue weighted by molar-refractivity contribution is 0.0248. The van der Waals surface area contributed by atoms with Crippen molar-refractivity contribution in [1.82, 2.24) is 4.90 Å². The fraction of sp³-hybridized carbons (Fsp3) is 0.500.